The average Bonchev–Trinajstić information content (AvgIpc) is 3.51. The Morgan fingerprint density at radius 3 is 2.77 bits per heavy atom. The Kier molecular flexibility index (Phi) is 5.89. The molecule has 166 valence electrons. The van der Waals surface area contributed by atoms with Crippen LogP contribution in [0.1, 0.15) is 74.5 Å². The third-order valence-corrected chi connectivity index (χ3v) is 7.22. The number of piperidine rings is 1. The van der Waals surface area contributed by atoms with E-state index in [1.54, 1.807) is 10.9 Å². The van der Waals surface area contributed by atoms with Crippen molar-refractivity contribution in [1.82, 2.24) is 29.5 Å². The molecule has 0 radical (unpaired) electrons. The summed E-state index contributed by atoms with van der Waals surface area (Å²) in [5.41, 5.74) is 1.75. The van der Waals surface area contributed by atoms with Gasteiger partial charge in [0.25, 0.3) is 5.56 Å². The van der Waals surface area contributed by atoms with E-state index in [9.17, 15) is 9.59 Å². The van der Waals surface area contributed by atoms with Crippen LogP contribution in [-0.4, -0.2) is 54.6 Å². The maximum Gasteiger partial charge on any atom is 0.254 e. The predicted octanol–water partition coefficient (Wildman–Crippen LogP) is 2.41. The van der Waals surface area contributed by atoms with E-state index < -0.39 is 0 Å². The molecule has 2 aromatic rings. The molecule has 3 aliphatic rings. The van der Waals surface area contributed by atoms with Gasteiger partial charge in [0, 0.05) is 56.6 Å². The second-order valence-electron chi connectivity index (χ2n) is 9.15. The van der Waals surface area contributed by atoms with E-state index in [0.717, 1.165) is 56.6 Å². The first kappa shape index (κ1) is 20.4. The molecule has 1 saturated carbocycles. The molecule has 0 spiro atoms. The third kappa shape index (κ3) is 4.31. The minimum atomic E-state index is -0.140. The molecule has 8 nitrogen and oxygen atoms in total. The first-order chi connectivity index (χ1) is 15.2. The van der Waals surface area contributed by atoms with Crippen molar-refractivity contribution in [3.63, 3.8) is 0 Å². The number of nitrogens with one attached hydrogen (secondary N) is 1. The van der Waals surface area contributed by atoms with Gasteiger partial charge in [0.05, 0.1) is 11.7 Å². The highest BCUT2D eigenvalue weighted by molar-refractivity contribution is 5.76. The smallest absolute Gasteiger partial charge is 0.254 e. The monoisotopic (exact) mass is 424 g/mol. The van der Waals surface area contributed by atoms with Crippen LogP contribution in [0.4, 0.5) is 0 Å². The summed E-state index contributed by atoms with van der Waals surface area (Å²) in [6.07, 6.45) is 12.8. The molecule has 1 N–H and O–H groups in total. The van der Waals surface area contributed by atoms with E-state index in [0.29, 0.717) is 24.8 Å². The van der Waals surface area contributed by atoms with Crippen molar-refractivity contribution < 1.29 is 4.79 Å². The Bertz CT molecular complexity index is 963. The molecule has 1 atom stereocenters. The summed E-state index contributed by atoms with van der Waals surface area (Å²) in [5.74, 6) is 0.775. The van der Waals surface area contributed by atoms with Crippen LogP contribution >= 0.6 is 0 Å². The second kappa shape index (κ2) is 8.94. The standard InChI is InChI=1S/C23H32N6O2/c30-21(10-15-28-12-5-11-24-28)29-13-4-3-8-20(29)22-25-19-16-27(17-6-1-2-7-17)14-9-18(19)23(31)26-22/h5,11-12,17,20H,1-4,6-10,13-16H2,(H,25,26,31)/t20-/m0/s1. The molecular weight excluding hydrogens is 392 g/mol. The summed E-state index contributed by atoms with van der Waals surface area (Å²) in [6, 6.07) is 2.36. The van der Waals surface area contributed by atoms with Gasteiger partial charge in [-0.2, -0.15) is 5.10 Å². The van der Waals surface area contributed by atoms with Gasteiger partial charge in [0.1, 0.15) is 5.82 Å². The summed E-state index contributed by atoms with van der Waals surface area (Å²) >= 11 is 0. The van der Waals surface area contributed by atoms with E-state index in [1.807, 2.05) is 17.2 Å². The lowest BCUT2D eigenvalue weighted by molar-refractivity contribution is -0.135. The van der Waals surface area contributed by atoms with Crippen molar-refractivity contribution in [3.8, 4) is 0 Å². The zero-order valence-corrected chi connectivity index (χ0v) is 18.1. The Morgan fingerprint density at radius 2 is 1.97 bits per heavy atom. The number of likely N-dealkylation sites (tertiary alicyclic amines) is 1. The summed E-state index contributed by atoms with van der Waals surface area (Å²) in [5, 5.41) is 4.19. The predicted molar refractivity (Wildman–Crippen MR) is 116 cm³/mol. The van der Waals surface area contributed by atoms with Crippen molar-refractivity contribution in [3.05, 3.63) is 45.9 Å². The number of aryl methyl sites for hydroxylation is 1. The molecule has 4 heterocycles. The molecule has 2 fully saturated rings. The molecular formula is C23H32N6O2. The van der Waals surface area contributed by atoms with Gasteiger partial charge >= 0.3 is 0 Å². The molecule has 2 aliphatic heterocycles. The van der Waals surface area contributed by atoms with Crippen LogP contribution in [0, 0.1) is 0 Å². The largest absolute Gasteiger partial charge is 0.332 e. The maximum absolute atomic E-state index is 13.0. The van der Waals surface area contributed by atoms with Crippen LogP contribution < -0.4 is 5.56 Å². The van der Waals surface area contributed by atoms with Gasteiger partial charge in [-0.25, -0.2) is 4.98 Å². The molecule has 1 amide bonds. The maximum atomic E-state index is 13.0. The Balaban J connectivity index is 1.35. The lowest BCUT2D eigenvalue weighted by Crippen LogP contribution is -2.43. The van der Waals surface area contributed by atoms with Crippen LogP contribution in [0.15, 0.2) is 23.3 Å². The molecule has 0 bridgehead atoms. The van der Waals surface area contributed by atoms with E-state index in [-0.39, 0.29) is 17.5 Å². The van der Waals surface area contributed by atoms with Gasteiger partial charge in [-0.05, 0) is 44.6 Å². The number of nitrogens with zero attached hydrogens (tertiary/aromatic N) is 5. The van der Waals surface area contributed by atoms with Crippen molar-refractivity contribution in [2.24, 2.45) is 0 Å². The Morgan fingerprint density at radius 1 is 1.13 bits per heavy atom. The molecule has 1 aliphatic carbocycles. The SMILES string of the molecule is O=C(CCn1cccn1)N1CCCC[C@H]1c1nc2c(c(=O)[nH]1)CCN(C1CCCC1)C2. The van der Waals surface area contributed by atoms with Crippen molar-refractivity contribution in [2.45, 2.75) is 83.0 Å². The van der Waals surface area contributed by atoms with E-state index in [1.165, 1.54) is 25.7 Å². The number of hydrogen-bond donors (Lipinski definition) is 1. The van der Waals surface area contributed by atoms with Crippen LogP contribution in [0.25, 0.3) is 0 Å². The molecule has 5 rings (SSSR count). The number of fused-ring (bicyclic) bond motifs is 1. The first-order valence-corrected chi connectivity index (χ1v) is 11.8. The summed E-state index contributed by atoms with van der Waals surface area (Å²) in [4.78, 5) is 38.4. The van der Waals surface area contributed by atoms with E-state index >= 15 is 0 Å². The number of H-pyrrole nitrogens is 1. The normalized spacial score (nSPS) is 22.6. The van der Waals surface area contributed by atoms with Gasteiger partial charge < -0.3 is 9.88 Å². The van der Waals surface area contributed by atoms with Crippen LogP contribution in [0.3, 0.4) is 0 Å². The molecule has 2 aromatic heterocycles. The number of amides is 1. The minimum Gasteiger partial charge on any atom is -0.332 e. The van der Waals surface area contributed by atoms with Crippen molar-refractivity contribution in [1.29, 1.82) is 0 Å². The molecule has 1 saturated heterocycles. The molecule has 31 heavy (non-hydrogen) atoms. The Hall–Kier alpha value is -2.48. The minimum absolute atomic E-state index is 0.0133. The third-order valence-electron chi connectivity index (χ3n) is 7.22. The van der Waals surface area contributed by atoms with Gasteiger partial charge in [-0.15, -0.1) is 0 Å². The number of carbonyl (C=O) groups is 1. The highest BCUT2D eigenvalue weighted by atomic mass is 16.2. The van der Waals surface area contributed by atoms with Gasteiger partial charge in [-0.3, -0.25) is 19.2 Å². The fraction of sp³-hybridized carbons (Fsp3) is 0.652. The van der Waals surface area contributed by atoms with E-state index in [2.05, 4.69) is 15.0 Å². The average molecular weight is 425 g/mol. The lowest BCUT2D eigenvalue weighted by atomic mass is 9.99. The van der Waals surface area contributed by atoms with E-state index in [4.69, 9.17) is 4.98 Å². The zero-order valence-electron chi connectivity index (χ0n) is 18.1. The highest BCUT2D eigenvalue weighted by Gasteiger charge is 2.32. The molecule has 0 unspecified atom stereocenters. The highest BCUT2D eigenvalue weighted by Crippen LogP contribution is 2.31. The summed E-state index contributed by atoms with van der Waals surface area (Å²) in [6.45, 7) is 3.00. The van der Waals surface area contributed by atoms with Gasteiger partial charge in [0.15, 0.2) is 0 Å². The van der Waals surface area contributed by atoms with Crippen molar-refractivity contribution >= 4 is 5.91 Å². The quantitative estimate of drug-likeness (QED) is 0.797. The summed E-state index contributed by atoms with van der Waals surface area (Å²) < 4.78 is 1.79. The van der Waals surface area contributed by atoms with Crippen LogP contribution in [0.5, 0.6) is 0 Å². The van der Waals surface area contributed by atoms with Crippen LogP contribution in [-0.2, 0) is 24.3 Å². The first-order valence-electron chi connectivity index (χ1n) is 11.8. The van der Waals surface area contributed by atoms with Crippen LogP contribution in [0.2, 0.25) is 0 Å². The Labute approximate surface area is 182 Å². The number of aromatic amines is 1. The lowest BCUT2D eigenvalue weighted by Gasteiger charge is -2.36. The zero-order chi connectivity index (χ0) is 21.2. The van der Waals surface area contributed by atoms with Crippen molar-refractivity contribution in [2.75, 3.05) is 13.1 Å². The van der Waals surface area contributed by atoms with Gasteiger partial charge in [0.2, 0.25) is 5.91 Å². The fourth-order valence-corrected chi connectivity index (χ4v) is 5.52. The molecule has 0 aromatic carbocycles. The number of carbonyl (C=O) groups excluding carboxylic acids is 1. The second-order valence-corrected chi connectivity index (χ2v) is 9.15. The topological polar surface area (TPSA) is 87.1 Å². The number of hydrogen-bond acceptors (Lipinski definition) is 5. The van der Waals surface area contributed by atoms with Gasteiger partial charge in [-0.1, -0.05) is 12.8 Å². The number of rotatable bonds is 5. The number of aromatic nitrogens is 4. The molecule has 8 heteroatoms. The summed E-state index contributed by atoms with van der Waals surface area (Å²) in [7, 11) is 0. The fourth-order valence-electron chi connectivity index (χ4n) is 5.52.